The zero-order valence-corrected chi connectivity index (χ0v) is 24.1. The first-order valence-electron chi connectivity index (χ1n) is 13.9. The van der Waals surface area contributed by atoms with Gasteiger partial charge < -0.3 is 10.1 Å². The highest BCUT2D eigenvalue weighted by atomic mass is 32.1. The molecule has 3 aromatic carbocycles. The number of ether oxygens (including phenoxy) is 1. The van der Waals surface area contributed by atoms with E-state index in [0.717, 1.165) is 68.4 Å². The Bertz CT molecular complexity index is 1570. The molecule has 0 saturated carbocycles. The summed E-state index contributed by atoms with van der Waals surface area (Å²) in [7, 11) is 0. The van der Waals surface area contributed by atoms with E-state index in [1.807, 2.05) is 71.5 Å². The molecule has 5 aromatic rings. The summed E-state index contributed by atoms with van der Waals surface area (Å²) in [5, 5.41) is 8.11. The largest absolute Gasteiger partial charge is 0.493 e. The van der Waals surface area contributed by atoms with E-state index in [9.17, 15) is 4.79 Å². The molecule has 5 nitrogen and oxygen atoms in total. The molecule has 0 bridgehead atoms. The third-order valence-corrected chi connectivity index (χ3v) is 8.13. The van der Waals surface area contributed by atoms with E-state index in [4.69, 9.17) is 9.84 Å². The molecule has 0 unspecified atom stereocenters. The van der Waals surface area contributed by atoms with Crippen LogP contribution in [0.15, 0.2) is 91.1 Å². The number of carbonyl (C=O) groups excluding carboxylic acids is 1. The van der Waals surface area contributed by atoms with Gasteiger partial charge in [-0.3, -0.25) is 4.79 Å². The molecular formula is C34H35N3O2S. The van der Waals surface area contributed by atoms with E-state index in [0.29, 0.717) is 13.2 Å². The van der Waals surface area contributed by atoms with Crippen LogP contribution < -0.4 is 10.1 Å². The minimum Gasteiger partial charge on any atom is -0.493 e. The molecule has 6 heteroatoms. The van der Waals surface area contributed by atoms with Gasteiger partial charge in [-0.15, -0.1) is 11.3 Å². The van der Waals surface area contributed by atoms with Crippen LogP contribution in [0.2, 0.25) is 0 Å². The first-order chi connectivity index (χ1) is 19.6. The number of nitrogens with one attached hydrogen (secondary N) is 1. The number of para-hydroxylation sites is 1. The summed E-state index contributed by atoms with van der Waals surface area (Å²) in [6.07, 6.45) is 5.01. The molecule has 0 saturated heterocycles. The number of aryl methyl sites for hydroxylation is 2. The molecule has 2 aromatic heterocycles. The summed E-state index contributed by atoms with van der Waals surface area (Å²) in [6, 6.07) is 28.5. The van der Waals surface area contributed by atoms with E-state index in [1.165, 1.54) is 5.56 Å². The van der Waals surface area contributed by atoms with Crippen LogP contribution in [0, 0.1) is 6.92 Å². The lowest BCUT2D eigenvalue weighted by Gasteiger charge is -2.10. The van der Waals surface area contributed by atoms with Crippen LogP contribution >= 0.6 is 11.3 Å². The van der Waals surface area contributed by atoms with Crippen molar-refractivity contribution in [2.45, 2.75) is 46.6 Å². The standard InChI is InChI=1S/C34H35N3O2S/c1-4-6-19-39-30-18-17-27(20-24(30)3)32-28(23-37(36-32)29-15-11-8-12-16-29)22-35-34(38)31-21-25(5-2)33(40-31)26-13-9-7-10-14-26/h7-18,20-21,23H,4-6,19,22H2,1-3H3,(H,35,38). The number of thiophene rings is 1. The molecule has 0 atom stereocenters. The second kappa shape index (κ2) is 12.8. The van der Waals surface area contributed by atoms with Crippen LogP contribution in [-0.2, 0) is 13.0 Å². The summed E-state index contributed by atoms with van der Waals surface area (Å²) < 4.78 is 7.85. The first kappa shape index (κ1) is 27.4. The van der Waals surface area contributed by atoms with Crippen molar-refractivity contribution in [3.05, 3.63) is 113 Å². The smallest absolute Gasteiger partial charge is 0.261 e. The molecule has 1 N–H and O–H groups in total. The van der Waals surface area contributed by atoms with Crippen molar-refractivity contribution in [1.29, 1.82) is 0 Å². The van der Waals surface area contributed by atoms with Gasteiger partial charge in [0.15, 0.2) is 0 Å². The number of nitrogens with zero attached hydrogens (tertiary/aromatic N) is 2. The monoisotopic (exact) mass is 549 g/mol. The molecule has 204 valence electrons. The number of carbonyl (C=O) groups is 1. The minimum atomic E-state index is -0.0730. The summed E-state index contributed by atoms with van der Waals surface area (Å²) in [5.41, 5.74) is 7.16. The molecule has 0 radical (unpaired) electrons. The molecule has 0 fully saturated rings. The van der Waals surface area contributed by atoms with Crippen molar-refractivity contribution in [2.75, 3.05) is 6.61 Å². The second-order valence-corrected chi connectivity index (χ2v) is 10.9. The quantitative estimate of drug-likeness (QED) is 0.169. The van der Waals surface area contributed by atoms with Crippen molar-refractivity contribution >= 4 is 17.2 Å². The fourth-order valence-electron chi connectivity index (χ4n) is 4.68. The van der Waals surface area contributed by atoms with Crippen molar-refractivity contribution in [3.63, 3.8) is 0 Å². The molecule has 0 aliphatic rings. The van der Waals surface area contributed by atoms with Gasteiger partial charge in [0.25, 0.3) is 5.91 Å². The maximum atomic E-state index is 13.3. The molecule has 5 rings (SSSR count). The highest BCUT2D eigenvalue weighted by Gasteiger charge is 2.18. The van der Waals surface area contributed by atoms with Gasteiger partial charge in [0.1, 0.15) is 5.75 Å². The van der Waals surface area contributed by atoms with E-state index >= 15 is 0 Å². The zero-order chi connectivity index (χ0) is 27.9. The Labute approximate surface area is 240 Å². The number of hydrogen-bond donors (Lipinski definition) is 1. The van der Waals surface area contributed by atoms with E-state index in [1.54, 1.807) is 11.3 Å². The highest BCUT2D eigenvalue weighted by molar-refractivity contribution is 7.17. The molecule has 2 heterocycles. The third-order valence-electron chi connectivity index (χ3n) is 6.90. The van der Waals surface area contributed by atoms with Gasteiger partial charge in [-0.1, -0.05) is 68.8 Å². The molecule has 0 spiro atoms. The summed E-state index contributed by atoms with van der Waals surface area (Å²) in [5.74, 6) is 0.823. The number of hydrogen-bond acceptors (Lipinski definition) is 4. The molecule has 0 aliphatic carbocycles. The van der Waals surface area contributed by atoms with Crippen LogP contribution in [-0.4, -0.2) is 22.3 Å². The van der Waals surface area contributed by atoms with Crippen molar-refractivity contribution in [2.24, 2.45) is 0 Å². The Balaban J connectivity index is 1.41. The minimum absolute atomic E-state index is 0.0730. The number of unbranched alkanes of at least 4 members (excludes halogenated alkanes) is 1. The van der Waals surface area contributed by atoms with Crippen LogP contribution in [0.1, 0.15) is 53.1 Å². The maximum Gasteiger partial charge on any atom is 0.261 e. The average molecular weight is 550 g/mol. The Kier molecular flexibility index (Phi) is 8.77. The van der Waals surface area contributed by atoms with Crippen LogP contribution in [0.3, 0.4) is 0 Å². The van der Waals surface area contributed by atoms with Gasteiger partial charge in [0.05, 0.1) is 22.9 Å². The molecular weight excluding hydrogens is 514 g/mol. The van der Waals surface area contributed by atoms with Crippen LogP contribution in [0.4, 0.5) is 0 Å². The zero-order valence-electron chi connectivity index (χ0n) is 23.3. The predicted octanol–water partition coefficient (Wildman–Crippen LogP) is 8.25. The summed E-state index contributed by atoms with van der Waals surface area (Å²) in [4.78, 5) is 15.2. The Morgan fingerprint density at radius 3 is 2.38 bits per heavy atom. The van der Waals surface area contributed by atoms with Gasteiger partial charge in [0.2, 0.25) is 0 Å². The summed E-state index contributed by atoms with van der Waals surface area (Å²) in [6.45, 7) is 7.43. The lowest BCUT2D eigenvalue weighted by Crippen LogP contribution is -2.21. The van der Waals surface area contributed by atoms with Gasteiger partial charge in [-0.2, -0.15) is 5.10 Å². The normalized spacial score (nSPS) is 11.0. The number of aromatic nitrogens is 2. The van der Waals surface area contributed by atoms with Crippen molar-refractivity contribution in [3.8, 4) is 33.1 Å². The van der Waals surface area contributed by atoms with Crippen LogP contribution in [0.25, 0.3) is 27.4 Å². The van der Waals surface area contributed by atoms with Gasteiger partial charge in [0, 0.05) is 28.7 Å². The Morgan fingerprint density at radius 1 is 0.925 bits per heavy atom. The molecule has 40 heavy (non-hydrogen) atoms. The maximum absolute atomic E-state index is 13.3. The number of benzene rings is 3. The third kappa shape index (κ3) is 6.18. The fourth-order valence-corrected chi connectivity index (χ4v) is 5.85. The fraction of sp³-hybridized carbons (Fsp3) is 0.235. The summed E-state index contributed by atoms with van der Waals surface area (Å²) >= 11 is 1.55. The topological polar surface area (TPSA) is 56.1 Å². The van der Waals surface area contributed by atoms with Crippen molar-refractivity contribution in [1.82, 2.24) is 15.1 Å². The highest BCUT2D eigenvalue weighted by Crippen LogP contribution is 2.34. The van der Waals surface area contributed by atoms with E-state index < -0.39 is 0 Å². The first-order valence-corrected chi connectivity index (χ1v) is 14.7. The van der Waals surface area contributed by atoms with E-state index in [2.05, 4.69) is 50.4 Å². The lowest BCUT2D eigenvalue weighted by molar-refractivity contribution is 0.0955. The Morgan fingerprint density at radius 2 is 1.68 bits per heavy atom. The van der Waals surface area contributed by atoms with Gasteiger partial charge in [-0.25, -0.2) is 4.68 Å². The molecule has 1 amide bonds. The number of amides is 1. The van der Waals surface area contributed by atoms with Gasteiger partial charge in [-0.05, 0) is 72.9 Å². The van der Waals surface area contributed by atoms with E-state index in [-0.39, 0.29) is 5.91 Å². The van der Waals surface area contributed by atoms with Crippen LogP contribution in [0.5, 0.6) is 5.75 Å². The molecule has 0 aliphatic heterocycles. The number of rotatable bonds is 11. The predicted molar refractivity (Wildman–Crippen MR) is 164 cm³/mol. The van der Waals surface area contributed by atoms with Gasteiger partial charge >= 0.3 is 0 Å². The Hall–Kier alpha value is -4.16. The lowest BCUT2D eigenvalue weighted by atomic mass is 10.0. The average Bonchev–Trinajstić information content (AvgIpc) is 3.63. The SMILES string of the molecule is CCCCOc1ccc(-c2nn(-c3ccccc3)cc2CNC(=O)c2cc(CC)c(-c3ccccc3)s2)cc1C. The van der Waals surface area contributed by atoms with Crippen molar-refractivity contribution < 1.29 is 9.53 Å². The second-order valence-electron chi connectivity index (χ2n) is 9.83.